The molecule has 1 aliphatic carbocycles. The van der Waals surface area contributed by atoms with E-state index >= 15 is 0 Å². The van der Waals surface area contributed by atoms with Crippen molar-refractivity contribution in [1.29, 1.82) is 0 Å². The second-order valence-corrected chi connectivity index (χ2v) is 6.11. The van der Waals surface area contributed by atoms with Gasteiger partial charge in [-0.15, -0.1) is 12.4 Å². The highest BCUT2D eigenvalue weighted by atomic mass is 35.5. The zero-order chi connectivity index (χ0) is 12.4. The Morgan fingerprint density at radius 2 is 1.68 bits per heavy atom. The summed E-state index contributed by atoms with van der Waals surface area (Å²) in [5.41, 5.74) is 0. The molecule has 0 aromatic rings. The molecule has 0 bridgehead atoms. The number of rotatable bonds is 3. The van der Waals surface area contributed by atoms with Gasteiger partial charge in [-0.25, -0.2) is 0 Å². The van der Waals surface area contributed by atoms with Crippen LogP contribution in [0, 0.1) is 5.92 Å². The summed E-state index contributed by atoms with van der Waals surface area (Å²) >= 11 is 0. The van der Waals surface area contributed by atoms with Crippen LogP contribution in [-0.2, 0) is 4.79 Å². The molecule has 3 rings (SSSR count). The van der Waals surface area contributed by atoms with Gasteiger partial charge in [-0.1, -0.05) is 12.8 Å². The van der Waals surface area contributed by atoms with Crippen LogP contribution < -0.4 is 10.6 Å². The Morgan fingerprint density at radius 1 is 1.05 bits per heavy atom. The van der Waals surface area contributed by atoms with Gasteiger partial charge in [-0.05, 0) is 25.7 Å². The first-order chi connectivity index (χ1) is 8.83. The number of carbonyl (C=O) groups excluding carboxylic acids is 1. The van der Waals surface area contributed by atoms with Crippen molar-refractivity contribution < 1.29 is 4.79 Å². The highest BCUT2D eigenvalue weighted by molar-refractivity contribution is 5.85. The standard InChI is InChI=1S/C14H25N3O.ClH/c18-14(11-9-15-10-11)16-12-5-7-17(8-6-12)13-3-1-2-4-13;/h11-13,15H,1-10H2,(H,16,18);1H. The van der Waals surface area contributed by atoms with E-state index in [-0.39, 0.29) is 24.2 Å². The number of nitrogens with zero attached hydrogens (tertiary/aromatic N) is 1. The van der Waals surface area contributed by atoms with E-state index in [0.717, 1.165) is 32.0 Å². The van der Waals surface area contributed by atoms with Crippen molar-refractivity contribution in [2.24, 2.45) is 5.92 Å². The van der Waals surface area contributed by atoms with Crippen LogP contribution in [0.1, 0.15) is 38.5 Å². The minimum atomic E-state index is 0. The van der Waals surface area contributed by atoms with Crippen molar-refractivity contribution in [2.45, 2.75) is 50.6 Å². The van der Waals surface area contributed by atoms with Gasteiger partial charge in [-0.3, -0.25) is 4.79 Å². The fraction of sp³-hybridized carbons (Fsp3) is 0.929. The Balaban J connectivity index is 0.00000133. The van der Waals surface area contributed by atoms with Crippen molar-refractivity contribution in [3.05, 3.63) is 0 Å². The Morgan fingerprint density at radius 3 is 2.21 bits per heavy atom. The van der Waals surface area contributed by atoms with E-state index in [4.69, 9.17) is 0 Å². The molecule has 0 radical (unpaired) electrons. The molecule has 1 amide bonds. The average Bonchev–Trinajstić information content (AvgIpc) is 2.81. The number of likely N-dealkylation sites (tertiary alicyclic amines) is 1. The molecule has 0 aromatic carbocycles. The molecule has 5 heteroatoms. The lowest BCUT2D eigenvalue weighted by Gasteiger charge is -2.37. The predicted molar refractivity (Wildman–Crippen MR) is 78.6 cm³/mol. The van der Waals surface area contributed by atoms with E-state index < -0.39 is 0 Å². The van der Waals surface area contributed by atoms with Gasteiger partial charge in [0.2, 0.25) is 5.91 Å². The van der Waals surface area contributed by atoms with Crippen molar-refractivity contribution in [1.82, 2.24) is 15.5 Å². The number of hydrogen-bond acceptors (Lipinski definition) is 3. The first-order valence-electron chi connectivity index (χ1n) is 7.58. The normalized spacial score (nSPS) is 26.7. The van der Waals surface area contributed by atoms with Gasteiger partial charge in [0.1, 0.15) is 0 Å². The quantitative estimate of drug-likeness (QED) is 0.818. The predicted octanol–water partition coefficient (Wildman–Crippen LogP) is 1.15. The molecule has 2 heterocycles. The Bertz CT molecular complexity index is 295. The molecule has 3 fully saturated rings. The molecule has 19 heavy (non-hydrogen) atoms. The lowest BCUT2D eigenvalue weighted by molar-refractivity contribution is -0.127. The number of piperidine rings is 1. The van der Waals surface area contributed by atoms with Crippen molar-refractivity contribution in [3.8, 4) is 0 Å². The summed E-state index contributed by atoms with van der Waals surface area (Å²) in [6.45, 7) is 4.09. The van der Waals surface area contributed by atoms with Crippen LogP contribution in [0.15, 0.2) is 0 Å². The van der Waals surface area contributed by atoms with Gasteiger partial charge < -0.3 is 15.5 Å². The third kappa shape index (κ3) is 3.61. The number of carbonyl (C=O) groups is 1. The number of halogens is 1. The number of hydrogen-bond donors (Lipinski definition) is 2. The lowest BCUT2D eigenvalue weighted by atomic mass is 9.99. The summed E-state index contributed by atoms with van der Waals surface area (Å²) in [7, 11) is 0. The molecule has 110 valence electrons. The first kappa shape index (κ1) is 15.1. The third-order valence-electron chi connectivity index (χ3n) is 4.87. The SMILES string of the molecule is Cl.O=C(NC1CCN(C2CCCC2)CC1)C1CNC1. The summed E-state index contributed by atoms with van der Waals surface area (Å²) in [5.74, 6) is 0.505. The van der Waals surface area contributed by atoms with Gasteiger partial charge in [0.25, 0.3) is 0 Å². The maximum atomic E-state index is 11.9. The minimum absolute atomic E-state index is 0. The topological polar surface area (TPSA) is 44.4 Å². The highest BCUT2D eigenvalue weighted by Gasteiger charge is 2.30. The minimum Gasteiger partial charge on any atom is -0.353 e. The molecular formula is C14H26ClN3O. The Hall–Kier alpha value is -0.320. The van der Waals surface area contributed by atoms with E-state index in [2.05, 4.69) is 15.5 Å². The second kappa shape index (κ2) is 6.91. The summed E-state index contributed by atoms with van der Waals surface area (Å²) in [6.07, 6.45) is 7.90. The maximum absolute atomic E-state index is 11.9. The molecule has 2 N–H and O–H groups in total. The zero-order valence-corrected chi connectivity index (χ0v) is 12.4. The second-order valence-electron chi connectivity index (χ2n) is 6.11. The van der Waals surface area contributed by atoms with Crippen LogP contribution in [0.3, 0.4) is 0 Å². The highest BCUT2D eigenvalue weighted by Crippen LogP contribution is 2.26. The van der Waals surface area contributed by atoms with Crippen molar-refractivity contribution in [3.63, 3.8) is 0 Å². The zero-order valence-electron chi connectivity index (χ0n) is 11.6. The molecule has 4 nitrogen and oxygen atoms in total. The molecule has 2 saturated heterocycles. The molecule has 0 aromatic heterocycles. The molecule has 1 saturated carbocycles. The number of amides is 1. The Labute approximate surface area is 122 Å². The molecule has 3 aliphatic rings. The van der Waals surface area contributed by atoms with E-state index in [9.17, 15) is 4.79 Å². The van der Waals surface area contributed by atoms with Crippen LogP contribution in [0.4, 0.5) is 0 Å². The van der Waals surface area contributed by atoms with Gasteiger partial charge in [0.05, 0.1) is 5.92 Å². The van der Waals surface area contributed by atoms with Gasteiger partial charge in [0, 0.05) is 38.3 Å². The van der Waals surface area contributed by atoms with Crippen LogP contribution in [0.25, 0.3) is 0 Å². The third-order valence-corrected chi connectivity index (χ3v) is 4.87. The fourth-order valence-corrected chi connectivity index (χ4v) is 3.47. The van der Waals surface area contributed by atoms with Gasteiger partial charge >= 0.3 is 0 Å². The molecule has 2 aliphatic heterocycles. The molecule has 0 atom stereocenters. The Kier molecular flexibility index (Phi) is 5.48. The molecular weight excluding hydrogens is 262 g/mol. The summed E-state index contributed by atoms with van der Waals surface area (Å²) < 4.78 is 0. The van der Waals surface area contributed by atoms with Crippen LogP contribution in [0.2, 0.25) is 0 Å². The van der Waals surface area contributed by atoms with E-state index in [1.807, 2.05) is 0 Å². The largest absolute Gasteiger partial charge is 0.353 e. The van der Waals surface area contributed by atoms with Crippen molar-refractivity contribution >= 4 is 18.3 Å². The molecule has 0 spiro atoms. The van der Waals surface area contributed by atoms with Crippen LogP contribution in [-0.4, -0.2) is 49.1 Å². The van der Waals surface area contributed by atoms with Gasteiger partial charge in [-0.2, -0.15) is 0 Å². The summed E-state index contributed by atoms with van der Waals surface area (Å²) in [4.78, 5) is 14.5. The van der Waals surface area contributed by atoms with E-state index in [1.54, 1.807) is 0 Å². The lowest BCUT2D eigenvalue weighted by Crippen LogP contribution is -2.54. The van der Waals surface area contributed by atoms with E-state index in [0.29, 0.717) is 6.04 Å². The van der Waals surface area contributed by atoms with Gasteiger partial charge in [0.15, 0.2) is 0 Å². The van der Waals surface area contributed by atoms with Crippen LogP contribution >= 0.6 is 12.4 Å². The van der Waals surface area contributed by atoms with Crippen molar-refractivity contribution in [2.75, 3.05) is 26.2 Å². The monoisotopic (exact) mass is 287 g/mol. The fourth-order valence-electron chi connectivity index (χ4n) is 3.47. The maximum Gasteiger partial charge on any atom is 0.225 e. The molecule has 0 unspecified atom stereocenters. The smallest absolute Gasteiger partial charge is 0.225 e. The summed E-state index contributed by atoms with van der Waals surface area (Å²) in [6, 6.07) is 1.27. The van der Waals surface area contributed by atoms with E-state index in [1.165, 1.54) is 38.8 Å². The first-order valence-corrected chi connectivity index (χ1v) is 7.58. The average molecular weight is 288 g/mol. The van der Waals surface area contributed by atoms with Crippen LogP contribution in [0.5, 0.6) is 0 Å². The summed E-state index contributed by atoms with van der Waals surface area (Å²) in [5, 5.41) is 6.38. The number of nitrogens with one attached hydrogen (secondary N) is 2.